The van der Waals surface area contributed by atoms with Gasteiger partial charge in [0.05, 0.1) is 10.9 Å². The maximum absolute atomic E-state index is 11.1. The highest BCUT2D eigenvalue weighted by Gasteiger charge is 2.17. The van der Waals surface area contributed by atoms with E-state index in [2.05, 4.69) is 4.98 Å². The van der Waals surface area contributed by atoms with E-state index in [-0.39, 0.29) is 22.3 Å². The molecule has 0 unspecified atom stereocenters. The van der Waals surface area contributed by atoms with E-state index in [9.17, 15) is 14.9 Å². The summed E-state index contributed by atoms with van der Waals surface area (Å²) in [5.41, 5.74) is 5.37. The van der Waals surface area contributed by atoms with Crippen molar-refractivity contribution in [3.63, 3.8) is 0 Å². The molecular formula is C10H7N3O4S. The Bertz CT molecular complexity index is 611. The zero-order valence-corrected chi connectivity index (χ0v) is 9.72. The van der Waals surface area contributed by atoms with Gasteiger partial charge in [0.1, 0.15) is 5.75 Å². The van der Waals surface area contributed by atoms with Gasteiger partial charge in [-0.05, 0) is 28.4 Å². The third-order valence-electron chi connectivity index (χ3n) is 2.01. The normalized spacial score (nSPS) is 10.0. The number of hydrogen-bond donors (Lipinski definition) is 1. The van der Waals surface area contributed by atoms with Crippen LogP contribution in [0.1, 0.15) is 10.4 Å². The lowest BCUT2D eigenvalue weighted by molar-refractivity contribution is -0.389. The van der Waals surface area contributed by atoms with Crippen LogP contribution in [0.2, 0.25) is 0 Å². The molecule has 0 bridgehead atoms. The van der Waals surface area contributed by atoms with Crippen LogP contribution in [0.3, 0.4) is 0 Å². The van der Waals surface area contributed by atoms with Crippen molar-refractivity contribution in [2.45, 2.75) is 0 Å². The van der Waals surface area contributed by atoms with E-state index in [0.717, 1.165) is 11.3 Å². The molecule has 2 aromatic rings. The number of benzene rings is 1. The molecule has 8 heteroatoms. The summed E-state index contributed by atoms with van der Waals surface area (Å²) in [6.07, 6.45) is 0. The minimum absolute atomic E-state index is 0.0791. The number of ether oxygens (including phenoxy) is 1. The molecular weight excluding hydrogens is 258 g/mol. The molecule has 0 aliphatic carbocycles. The Morgan fingerprint density at radius 1 is 1.44 bits per heavy atom. The zero-order valence-electron chi connectivity index (χ0n) is 8.90. The topological polar surface area (TPSA) is 108 Å². The first kappa shape index (κ1) is 12.0. The SMILES string of the molecule is NC(=O)c1ccccc1Oc1nc([N+](=O)[O-])cs1. The first-order valence-corrected chi connectivity index (χ1v) is 5.62. The number of amides is 1. The number of rotatable bonds is 4. The molecule has 1 heterocycles. The lowest BCUT2D eigenvalue weighted by Crippen LogP contribution is -2.11. The number of carbonyl (C=O) groups is 1. The highest BCUT2D eigenvalue weighted by Crippen LogP contribution is 2.29. The van der Waals surface area contributed by atoms with Crippen molar-refractivity contribution in [3.8, 4) is 10.9 Å². The minimum Gasteiger partial charge on any atom is -0.411 e. The van der Waals surface area contributed by atoms with E-state index in [0.29, 0.717) is 0 Å². The summed E-state index contributed by atoms with van der Waals surface area (Å²) in [7, 11) is 0. The number of nitro groups is 1. The Morgan fingerprint density at radius 3 is 2.78 bits per heavy atom. The molecule has 0 saturated heterocycles. The first-order chi connectivity index (χ1) is 8.58. The molecule has 1 aromatic carbocycles. The maximum Gasteiger partial charge on any atom is 0.394 e. The molecule has 0 fully saturated rings. The van der Waals surface area contributed by atoms with E-state index >= 15 is 0 Å². The van der Waals surface area contributed by atoms with Crippen LogP contribution >= 0.6 is 11.3 Å². The van der Waals surface area contributed by atoms with Crippen molar-refractivity contribution in [2.75, 3.05) is 0 Å². The number of thiazole rings is 1. The largest absolute Gasteiger partial charge is 0.411 e. The summed E-state index contributed by atoms with van der Waals surface area (Å²) < 4.78 is 5.30. The molecule has 0 aliphatic rings. The van der Waals surface area contributed by atoms with E-state index in [1.165, 1.54) is 17.5 Å². The van der Waals surface area contributed by atoms with Crippen LogP contribution in [-0.2, 0) is 0 Å². The van der Waals surface area contributed by atoms with Crippen LogP contribution in [0.5, 0.6) is 10.9 Å². The fraction of sp³-hybridized carbons (Fsp3) is 0. The summed E-state index contributed by atoms with van der Waals surface area (Å²) in [6.45, 7) is 0. The molecule has 0 saturated carbocycles. The summed E-state index contributed by atoms with van der Waals surface area (Å²) in [4.78, 5) is 24.6. The van der Waals surface area contributed by atoms with Gasteiger partial charge in [-0.1, -0.05) is 12.1 Å². The Hall–Kier alpha value is -2.48. The van der Waals surface area contributed by atoms with E-state index in [1.54, 1.807) is 12.1 Å². The number of primary amides is 1. The van der Waals surface area contributed by atoms with Gasteiger partial charge in [0.25, 0.3) is 5.91 Å². The molecule has 2 rings (SSSR count). The molecule has 0 atom stereocenters. The molecule has 0 radical (unpaired) electrons. The number of carbonyl (C=O) groups excluding carboxylic acids is 1. The van der Waals surface area contributed by atoms with Crippen LogP contribution in [-0.4, -0.2) is 15.8 Å². The molecule has 92 valence electrons. The second-order valence-corrected chi connectivity index (χ2v) is 4.01. The lowest BCUT2D eigenvalue weighted by Gasteiger charge is -2.03. The third kappa shape index (κ3) is 2.43. The van der Waals surface area contributed by atoms with Gasteiger partial charge >= 0.3 is 11.0 Å². The van der Waals surface area contributed by atoms with Crippen molar-refractivity contribution < 1.29 is 14.5 Å². The van der Waals surface area contributed by atoms with Crippen molar-refractivity contribution in [1.29, 1.82) is 0 Å². The smallest absolute Gasteiger partial charge is 0.394 e. The van der Waals surface area contributed by atoms with Gasteiger partial charge in [-0.2, -0.15) is 0 Å². The van der Waals surface area contributed by atoms with Gasteiger partial charge in [-0.25, -0.2) is 0 Å². The second-order valence-electron chi connectivity index (χ2n) is 3.19. The Labute approximate surface area is 105 Å². The molecule has 0 spiro atoms. The van der Waals surface area contributed by atoms with Crippen molar-refractivity contribution in [3.05, 3.63) is 45.3 Å². The van der Waals surface area contributed by atoms with Gasteiger partial charge in [-0.15, -0.1) is 0 Å². The lowest BCUT2D eigenvalue weighted by atomic mass is 10.2. The van der Waals surface area contributed by atoms with Gasteiger partial charge in [-0.3, -0.25) is 4.79 Å². The fourth-order valence-electron chi connectivity index (χ4n) is 1.23. The van der Waals surface area contributed by atoms with Crippen LogP contribution in [0.25, 0.3) is 0 Å². The summed E-state index contributed by atoms with van der Waals surface area (Å²) in [6, 6.07) is 6.33. The molecule has 18 heavy (non-hydrogen) atoms. The van der Waals surface area contributed by atoms with Crippen LogP contribution in [0.4, 0.5) is 5.82 Å². The van der Waals surface area contributed by atoms with Crippen LogP contribution < -0.4 is 10.5 Å². The highest BCUT2D eigenvalue weighted by molar-refractivity contribution is 7.11. The van der Waals surface area contributed by atoms with Crippen molar-refractivity contribution in [2.24, 2.45) is 5.73 Å². The maximum atomic E-state index is 11.1. The summed E-state index contributed by atoms with van der Waals surface area (Å²) >= 11 is 0.966. The average molecular weight is 265 g/mol. The van der Waals surface area contributed by atoms with E-state index in [4.69, 9.17) is 10.5 Å². The predicted molar refractivity (Wildman–Crippen MR) is 63.8 cm³/mol. The monoisotopic (exact) mass is 265 g/mol. The third-order valence-corrected chi connectivity index (χ3v) is 2.71. The highest BCUT2D eigenvalue weighted by atomic mass is 32.1. The van der Waals surface area contributed by atoms with Crippen LogP contribution in [0, 0.1) is 10.1 Å². The first-order valence-electron chi connectivity index (χ1n) is 4.74. The van der Waals surface area contributed by atoms with Gasteiger partial charge < -0.3 is 20.6 Å². The summed E-state index contributed by atoms with van der Waals surface area (Å²) in [5, 5.41) is 11.8. The quantitative estimate of drug-likeness (QED) is 0.671. The Morgan fingerprint density at radius 2 is 2.17 bits per heavy atom. The number of hydrogen-bond acceptors (Lipinski definition) is 6. The Kier molecular flexibility index (Phi) is 3.20. The number of nitrogens with two attached hydrogens (primary N) is 1. The second kappa shape index (κ2) is 4.80. The predicted octanol–water partition coefficient (Wildman–Crippen LogP) is 1.94. The van der Waals surface area contributed by atoms with E-state index < -0.39 is 10.8 Å². The van der Waals surface area contributed by atoms with Gasteiger partial charge in [0.15, 0.2) is 0 Å². The minimum atomic E-state index is -0.642. The Balaban J connectivity index is 2.28. The molecule has 1 amide bonds. The van der Waals surface area contributed by atoms with Crippen molar-refractivity contribution in [1.82, 2.24) is 4.98 Å². The van der Waals surface area contributed by atoms with Gasteiger partial charge in [0, 0.05) is 4.98 Å². The molecule has 2 N–H and O–H groups in total. The zero-order chi connectivity index (χ0) is 13.1. The van der Waals surface area contributed by atoms with Crippen LogP contribution in [0.15, 0.2) is 29.6 Å². The fourth-order valence-corrected chi connectivity index (χ4v) is 1.86. The number of aromatic nitrogens is 1. The average Bonchev–Trinajstić information content (AvgIpc) is 2.78. The summed E-state index contributed by atoms with van der Waals surface area (Å²) in [5.74, 6) is -0.725. The van der Waals surface area contributed by atoms with Gasteiger partial charge in [0.2, 0.25) is 0 Å². The molecule has 7 nitrogen and oxygen atoms in total. The molecule has 0 aliphatic heterocycles. The standard InChI is InChI=1S/C10H7N3O4S/c11-9(14)6-3-1-2-4-7(6)17-10-12-8(5-18-10)13(15)16/h1-5H,(H2,11,14). The van der Waals surface area contributed by atoms with Crippen molar-refractivity contribution >= 4 is 23.1 Å². The van der Waals surface area contributed by atoms with E-state index in [1.807, 2.05) is 0 Å². The number of nitrogens with zero attached hydrogens (tertiary/aromatic N) is 2. The molecule has 1 aromatic heterocycles. The number of para-hydroxylation sites is 1.